The Bertz CT molecular complexity index is 785. The number of sulfonamides is 1. The number of hydrogen-bond donors (Lipinski definition) is 2. The molecule has 0 spiro atoms. The van der Waals surface area contributed by atoms with E-state index in [0.717, 1.165) is 0 Å². The van der Waals surface area contributed by atoms with Gasteiger partial charge in [-0.2, -0.15) is 0 Å². The molecule has 112 valence electrons. The lowest BCUT2D eigenvalue weighted by Crippen LogP contribution is -2.15. The molecule has 0 unspecified atom stereocenters. The van der Waals surface area contributed by atoms with E-state index in [4.69, 9.17) is 25.9 Å². The predicted octanol–water partition coefficient (Wildman–Crippen LogP) is 1.84. The number of ether oxygens (including phenoxy) is 1. The number of rotatable bonds is 4. The van der Waals surface area contributed by atoms with Crippen LogP contribution in [0.1, 0.15) is 10.4 Å². The minimum Gasteiger partial charge on any atom is -0.495 e. The monoisotopic (exact) mass is 330 g/mol. The van der Waals surface area contributed by atoms with E-state index in [9.17, 15) is 13.2 Å². The van der Waals surface area contributed by atoms with E-state index in [-0.39, 0.29) is 27.1 Å². The van der Waals surface area contributed by atoms with E-state index in [1.807, 2.05) is 0 Å². The van der Waals surface area contributed by atoms with Crippen LogP contribution in [0.4, 0.5) is 5.69 Å². The summed E-state index contributed by atoms with van der Waals surface area (Å²) in [5, 5.41) is 7.52. The van der Waals surface area contributed by atoms with Crippen molar-refractivity contribution in [1.29, 1.82) is 0 Å². The van der Waals surface area contributed by atoms with Gasteiger partial charge >= 0.3 is 0 Å². The third kappa shape index (κ3) is 3.35. The lowest BCUT2D eigenvalue weighted by Gasteiger charge is -2.10. The van der Waals surface area contributed by atoms with Crippen molar-refractivity contribution >= 4 is 33.2 Å². The highest BCUT2D eigenvalue weighted by molar-refractivity contribution is 7.89. The number of carbonyl (C=O) groups excluding carboxylic acids is 1. The Labute approximate surface area is 125 Å². The number of methoxy groups -OCH3 is 1. The fourth-order valence-corrected chi connectivity index (χ4v) is 2.55. The van der Waals surface area contributed by atoms with Crippen molar-refractivity contribution in [3.8, 4) is 5.75 Å². The summed E-state index contributed by atoms with van der Waals surface area (Å²) < 4.78 is 32.7. The first kappa shape index (κ1) is 15.4. The predicted molar refractivity (Wildman–Crippen MR) is 76.0 cm³/mol. The summed E-state index contributed by atoms with van der Waals surface area (Å²) >= 11 is 5.69. The summed E-state index contributed by atoms with van der Waals surface area (Å²) in [5.74, 6) is -0.462. The van der Waals surface area contributed by atoms with Gasteiger partial charge in [0.2, 0.25) is 15.2 Å². The molecule has 0 bridgehead atoms. The quantitative estimate of drug-likeness (QED) is 0.888. The van der Waals surface area contributed by atoms with Crippen molar-refractivity contribution < 1.29 is 22.4 Å². The van der Waals surface area contributed by atoms with Crippen LogP contribution in [0, 0.1) is 0 Å². The highest BCUT2D eigenvalue weighted by Gasteiger charge is 2.18. The second-order valence-corrected chi connectivity index (χ2v) is 5.85. The molecule has 0 radical (unpaired) electrons. The molecule has 7 nitrogen and oxygen atoms in total. The van der Waals surface area contributed by atoms with Gasteiger partial charge in [-0.3, -0.25) is 4.79 Å². The Kier molecular flexibility index (Phi) is 4.21. The Morgan fingerprint density at radius 3 is 2.62 bits per heavy atom. The summed E-state index contributed by atoms with van der Waals surface area (Å²) in [6, 6.07) is 5.44. The maximum absolute atomic E-state index is 11.9. The number of carbonyl (C=O) groups is 1. The van der Waals surface area contributed by atoms with Crippen LogP contribution in [0.5, 0.6) is 5.75 Å². The molecule has 2 aromatic rings. The Hall–Kier alpha value is -2.03. The number of benzene rings is 1. The Morgan fingerprint density at radius 1 is 1.38 bits per heavy atom. The maximum atomic E-state index is 11.9. The zero-order valence-corrected chi connectivity index (χ0v) is 12.4. The first-order valence-electron chi connectivity index (χ1n) is 5.58. The second kappa shape index (κ2) is 5.76. The standard InChI is InChI=1S/C12H11ClN2O5S/c1-19-9-3-2-7(6-10(9)21(14,17)18)15-12(16)8-4-5-20-11(8)13/h2-6H,1H3,(H,15,16)(H2,14,17,18). The van der Waals surface area contributed by atoms with Crippen molar-refractivity contribution in [2.75, 3.05) is 12.4 Å². The molecule has 1 aromatic heterocycles. The zero-order valence-electron chi connectivity index (χ0n) is 10.8. The van der Waals surface area contributed by atoms with Gasteiger partial charge in [-0.25, -0.2) is 13.6 Å². The number of hydrogen-bond acceptors (Lipinski definition) is 5. The molecule has 0 aliphatic heterocycles. The summed E-state index contributed by atoms with van der Waals surface area (Å²) in [4.78, 5) is 11.7. The third-order valence-electron chi connectivity index (χ3n) is 2.59. The van der Waals surface area contributed by atoms with E-state index in [2.05, 4.69) is 5.32 Å². The molecule has 0 aliphatic rings. The molecule has 1 heterocycles. The molecule has 3 N–H and O–H groups in total. The van der Waals surface area contributed by atoms with E-state index in [1.54, 1.807) is 0 Å². The van der Waals surface area contributed by atoms with Crippen LogP contribution in [-0.2, 0) is 10.0 Å². The molecule has 0 saturated carbocycles. The molecule has 0 aliphatic carbocycles. The summed E-state index contributed by atoms with van der Waals surface area (Å²) in [6.07, 6.45) is 1.26. The first-order valence-corrected chi connectivity index (χ1v) is 7.50. The van der Waals surface area contributed by atoms with Crippen LogP contribution in [0.3, 0.4) is 0 Å². The number of halogens is 1. The highest BCUT2D eigenvalue weighted by atomic mass is 35.5. The molecule has 21 heavy (non-hydrogen) atoms. The molecule has 9 heteroatoms. The minimum atomic E-state index is -3.99. The molecule has 0 fully saturated rings. The number of furan rings is 1. The SMILES string of the molecule is COc1ccc(NC(=O)c2ccoc2Cl)cc1S(N)(=O)=O. The van der Waals surface area contributed by atoms with Crippen LogP contribution in [0.15, 0.2) is 39.8 Å². The van der Waals surface area contributed by atoms with Crippen molar-refractivity contribution in [1.82, 2.24) is 0 Å². The molecule has 0 atom stereocenters. The minimum absolute atomic E-state index is 0.0623. The molecule has 1 amide bonds. The average Bonchev–Trinajstić information content (AvgIpc) is 2.84. The van der Waals surface area contributed by atoms with E-state index < -0.39 is 15.9 Å². The van der Waals surface area contributed by atoms with Crippen LogP contribution < -0.4 is 15.2 Å². The molecule has 0 saturated heterocycles. The maximum Gasteiger partial charge on any atom is 0.260 e. The first-order chi connectivity index (χ1) is 9.82. The van der Waals surface area contributed by atoms with Crippen molar-refractivity contribution in [3.05, 3.63) is 41.3 Å². The number of amides is 1. The molecular weight excluding hydrogens is 320 g/mol. The van der Waals surface area contributed by atoms with Gasteiger partial charge in [0.25, 0.3) is 5.91 Å². The van der Waals surface area contributed by atoms with Gasteiger partial charge in [0.05, 0.1) is 18.9 Å². The third-order valence-corrected chi connectivity index (χ3v) is 3.82. The highest BCUT2D eigenvalue weighted by Crippen LogP contribution is 2.27. The summed E-state index contributed by atoms with van der Waals surface area (Å²) in [5.41, 5.74) is 0.353. The Morgan fingerprint density at radius 2 is 2.10 bits per heavy atom. The summed E-state index contributed by atoms with van der Waals surface area (Å²) in [7, 11) is -2.67. The van der Waals surface area contributed by atoms with Gasteiger partial charge in [-0.1, -0.05) is 0 Å². The molecule has 1 aromatic carbocycles. The zero-order chi connectivity index (χ0) is 15.6. The average molecular weight is 331 g/mol. The van der Waals surface area contributed by atoms with Crippen molar-refractivity contribution in [2.24, 2.45) is 5.14 Å². The van der Waals surface area contributed by atoms with Gasteiger partial charge < -0.3 is 14.5 Å². The lowest BCUT2D eigenvalue weighted by atomic mass is 10.2. The fourth-order valence-electron chi connectivity index (χ4n) is 1.63. The van der Waals surface area contributed by atoms with Crippen LogP contribution in [0.25, 0.3) is 0 Å². The normalized spacial score (nSPS) is 11.2. The van der Waals surface area contributed by atoms with Crippen molar-refractivity contribution in [2.45, 2.75) is 4.90 Å². The lowest BCUT2D eigenvalue weighted by molar-refractivity contribution is 0.102. The van der Waals surface area contributed by atoms with Gasteiger partial charge in [0, 0.05) is 5.69 Å². The van der Waals surface area contributed by atoms with Gasteiger partial charge in [0.15, 0.2) is 0 Å². The number of anilines is 1. The van der Waals surface area contributed by atoms with Crippen LogP contribution >= 0.6 is 11.6 Å². The van der Waals surface area contributed by atoms with Gasteiger partial charge in [-0.15, -0.1) is 0 Å². The largest absolute Gasteiger partial charge is 0.495 e. The second-order valence-electron chi connectivity index (χ2n) is 3.97. The van der Waals surface area contributed by atoms with Crippen molar-refractivity contribution in [3.63, 3.8) is 0 Å². The van der Waals surface area contributed by atoms with Crippen LogP contribution in [0.2, 0.25) is 5.22 Å². The van der Waals surface area contributed by atoms with E-state index in [0.29, 0.717) is 0 Å². The molecular formula is C12H11ClN2O5S. The number of nitrogens with one attached hydrogen (secondary N) is 1. The summed E-state index contributed by atoms with van der Waals surface area (Å²) in [6.45, 7) is 0. The van der Waals surface area contributed by atoms with Crippen LogP contribution in [-0.4, -0.2) is 21.4 Å². The topological polar surface area (TPSA) is 112 Å². The molecule has 2 rings (SSSR count). The van der Waals surface area contributed by atoms with Gasteiger partial charge in [-0.05, 0) is 35.9 Å². The fraction of sp³-hybridized carbons (Fsp3) is 0.0833. The number of nitrogens with two attached hydrogens (primary N) is 1. The Balaban J connectivity index is 2.34. The van der Waals surface area contributed by atoms with E-state index >= 15 is 0 Å². The van der Waals surface area contributed by atoms with E-state index in [1.165, 1.54) is 37.6 Å². The van der Waals surface area contributed by atoms with Gasteiger partial charge in [0.1, 0.15) is 10.6 Å². The number of primary sulfonamides is 1. The smallest absolute Gasteiger partial charge is 0.260 e.